The summed E-state index contributed by atoms with van der Waals surface area (Å²) in [6.45, 7) is 1.79. The van der Waals surface area contributed by atoms with Crippen LogP contribution in [0, 0.1) is 11.3 Å². The van der Waals surface area contributed by atoms with Crippen LogP contribution in [-0.2, 0) is 11.2 Å². The standard InChI is InChI=1S/C22H29N5O/c1-23-21(26-19-18-9-15-28-20(18)22(19)10-2-11-22)24-13-8-16-4-6-17(7-5-16)27-14-3-12-25-27/h3-7,12,14,18-20H,2,8-11,13,15H2,1H3,(H2,23,24,26). The number of nitrogens with one attached hydrogen (secondary N) is 2. The molecule has 1 aromatic carbocycles. The van der Waals surface area contributed by atoms with Crippen LogP contribution in [0.4, 0.5) is 0 Å². The summed E-state index contributed by atoms with van der Waals surface area (Å²) >= 11 is 0. The zero-order valence-electron chi connectivity index (χ0n) is 16.5. The third kappa shape index (κ3) is 2.91. The lowest BCUT2D eigenvalue weighted by atomic mass is 9.46. The maximum absolute atomic E-state index is 6.02. The van der Waals surface area contributed by atoms with Crippen molar-refractivity contribution >= 4 is 5.96 Å². The van der Waals surface area contributed by atoms with Gasteiger partial charge in [0.25, 0.3) is 0 Å². The third-order valence-electron chi connectivity index (χ3n) is 6.96. The summed E-state index contributed by atoms with van der Waals surface area (Å²) in [6, 6.07) is 11.0. The predicted molar refractivity (Wildman–Crippen MR) is 110 cm³/mol. The van der Waals surface area contributed by atoms with Crippen molar-refractivity contribution < 1.29 is 4.74 Å². The van der Waals surface area contributed by atoms with E-state index in [1.165, 1.54) is 31.2 Å². The van der Waals surface area contributed by atoms with Gasteiger partial charge in [-0.3, -0.25) is 4.99 Å². The Balaban J connectivity index is 1.14. The normalized spacial score (nSPS) is 27.8. The van der Waals surface area contributed by atoms with Crippen LogP contribution >= 0.6 is 0 Å². The predicted octanol–water partition coefficient (Wildman–Crippen LogP) is 2.54. The van der Waals surface area contributed by atoms with Gasteiger partial charge in [-0.1, -0.05) is 18.6 Å². The molecule has 1 saturated heterocycles. The number of aliphatic imine (C=N–C) groups is 1. The highest BCUT2D eigenvalue weighted by molar-refractivity contribution is 5.80. The van der Waals surface area contributed by atoms with Gasteiger partial charge in [-0.25, -0.2) is 4.68 Å². The topological polar surface area (TPSA) is 63.5 Å². The van der Waals surface area contributed by atoms with Gasteiger partial charge in [0, 0.05) is 50.0 Å². The quantitative estimate of drug-likeness (QED) is 0.619. The molecule has 3 unspecified atom stereocenters. The Kier molecular flexibility index (Phi) is 4.59. The van der Waals surface area contributed by atoms with Gasteiger partial charge in [-0.05, 0) is 49.4 Å². The summed E-state index contributed by atoms with van der Waals surface area (Å²) in [6.07, 6.45) is 10.3. The van der Waals surface area contributed by atoms with Crippen LogP contribution in [0.3, 0.4) is 0 Å². The van der Waals surface area contributed by atoms with Crippen LogP contribution in [0.1, 0.15) is 31.2 Å². The van der Waals surface area contributed by atoms with Crippen LogP contribution in [0.5, 0.6) is 0 Å². The molecule has 0 bridgehead atoms. The Bertz CT molecular complexity index is 825. The largest absolute Gasteiger partial charge is 0.377 e. The molecule has 5 rings (SSSR count). The number of aromatic nitrogens is 2. The van der Waals surface area contributed by atoms with E-state index >= 15 is 0 Å². The Morgan fingerprint density at radius 3 is 2.86 bits per heavy atom. The second-order valence-corrected chi connectivity index (χ2v) is 8.32. The molecule has 148 valence electrons. The summed E-state index contributed by atoms with van der Waals surface area (Å²) in [4.78, 5) is 4.47. The van der Waals surface area contributed by atoms with Crippen molar-refractivity contribution in [3.05, 3.63) is 48.3 Å². The highest BCUT2D eigenvalue weighted by Crippen LogP contribution is 2.62. The first kappa shape index (κ1) is 17.7. The molecular weight excluding hydrogens is 350 g/mol. The summed E-state index contributed by atoms with van der Waals surface area (Å²) < 4.78 is 7.90. The Labute approximate surface area is 166 Å². The molecule has 28 heavy (non-hydrogen) atoms. The fourth-order valence-electron chi connectivity index (χ4n) is 5.36. The molecule has 2 aromatic rings. The van der Waals surface area contributed by atoms with E-state index in [1.54, 1.807) is 6.20 Å². The molecule has 2 aliphatic carbocycles. The van der Waals surface area contributed by atoms with Crippen molar-refractivity contribution in [2.45, 2.75) is 44.2 Å². The van der Waals surface area contributed by atoms with E-state index in [4.69, 9.17) is 4.74 Å². The van der Waals surface area contributed by atoms with E-state index in [2.05, 4.69) is 45.0 Å². The SMILES string of the molecule is CN=C(NCCc1ccc(-n2cccn2)cc1)NC1C2CCOC2C12CCC2. The fourth-order valence-corrected chi connectivity index (χ4v) is 5.36. The van der Waals surface area contributed by atoms with Gasteiger partial charge in [0.05, 0.1) is 11.8 Å². The fraction of sp³-hybridized carbons (Fsp3) is 0.545. The Hall–Kier alpha value is -2.34. The molecule has 3 aliphatic rings. The van der Waals surface area contributed by atoms with Crippen molar-refractivity contribution in [1.29, 1.82) is 0 Å². The average Bonchev–Trinajstić information content (AvgIpc) is 3.35. The summed E-state index contributed by atoms with van der Waals surface area (Å²) in [5.41, 5.74) is 2.77. The summed E-state index contributed by atoms with van der Waals surface area (Å²) in [5, 5.41) is 11.5. The van der Waals surface area contributed by atoms with Crippen LogP contribution < -0.4 is 10.6 Å². The highest BCUT2D eigenvalue weighted by atomic mass is 16.5. The van der Waals surface area contributed by atoms with Crippen LogP contribution in [-0.4, -0.2) is 48.1 Å². The minimum absolute atomic E-state index is 0.376. The number of rotatable bonds is 5. The van der Waals surface area contributed by atoms with Gasteiger partial charge >= 0.3 is 0 Å². The van der Waals surface area contributed by atoms with Gasteiger partial charge < -0.3 is 15.4 Å². The number of ether oxygens (including phenoxy) is 1. The van der Waals surface area contributed by atoms with E-state index in [9.17, 15) is 0 Å². The molecule has 2 saturated carbocycles. The average molecular weight is 380 g/mol. The number of hydrogen-bond donors (Lipinski definition) is 2. The smallest absolute Gasteiger partial charge is 0.191 e. The maximum atomic E-state index is 6.02. The second kappa shape index (κ2) is 7.24. The number of guanidine groups is 1. The first-order valence-corrected chi connectivity index (χ1v) is 10.5. The van der Waals surface area contributed by atoms with E-state index in [0.717, 1.165) is 31.2 Å². The molecule has 6 heteroatoms. The lowest BCUT2D eigenvalue weighted by molar-refractivity contribution is -0.171. The molecule has 3 atom stereocenters. The molecular formula is C22H29N5O. The first-order valence-electron chi connectivity index (χ1n) is 10.5. The molecule has 0 radical (unpaired) electrons. The van der Waals surface area contributed by atoms with Crippen molar-refractivity contribution in [2.24, 2.45) is 16.3 Å². The Morgan fingerprint density at radius 2 is 2.18 bits per heavy atom. The molecule has 1 aromatic heterocycles. The van der Waals surface area contributed by atoms with Crippen molar-refractivity contribution in [3.8, 4) is 5.69 Å². The highest BCUT2D eigenvalue weighted by Gasteiger charge is 2.66. The van der Waals surface area contributed by atoms with E-state index in [-0.39, 0.29) is 0 Å². The van der Waals surface area contributed by atoms with E-state index in [0.29, 0.717) is 23.5 Å². The summed E-state index contributed by atoms with van der Waals surface area (Å²) in [5.74, 6) is 1.59. The van der Waals surface area contributed by atoms with Gasteiger partial charge in [0.2, 0.25) is 0 Å². The lowest BCUT2D eigenvalue weighted by Crippen LogP contribution is -2.72. The summed E-state index contributed by atoms with van der Waals surface area (Å²) in [7, 11) is 1.86. The minimum Gasteiger partial charge on any atom is -0.377 e. The Morgan fingerprint density at radius 1 is 1.32 bits per heavy atom. The van der Waals surface area contributed by atoms with Gasteiger partial charge in [-0.2, -0.15) is 5.10 Å². The minimum atomic E-state index is 0.376. The van der Waals surface area contributed by atoms with Crippen molar-refractivity contribution in [3.63, 3.8) is 0 Å². The van der Waals surface area contributed by atoms with E-state index in [1.807, 2.05) is 24.0 Å². The van der Waals surface area contributed by atoms with E-state index < -0.39 is 0 Å². The molecule has 0 amide bonds. The molecule has 1 spiro atoms. The number of fused-ring (bicyclic) bond motifs is 2. The van der Waals surface area contributed by atoms with Gasteiger partial charge in [-0.15, -0.1) is 0 Å². The zero-order valence-corrected chi connectivity index (χ0v) is 16.5. The monoisotopic (exact) mass is 379 g/mol. The van der Waals surface area contributed by atoms with Gasteiger partial charge in [0.1, 0.15) is 0 Å². The number of nitrogens with zero attached hydrogens (tertiary/aromatic N) is 3. The third-order valence-corrected chi connectivity index (χ3v) is 6.96. The van der Waals surface area contributed by atoms with Crippen LogP contribution in [0.15, 0.2) is 47.7 Å². The lowest BCUT2D eigenvalue weighted by Gasteiger charge is -2.63. The van der Waals surface area contributed by atoms with Crippen molar-refractivity contribution in [1.82, 2.24) is 20.4 Å². The molecule has 1 aliphatic heterocycles. The molecule has 2 heterocycles. The number of hydrogen-bond acceptors (Lipinski definition) is 3. The first-order chi connectivity index (χ1) is 13.8. The molecule has 3 fully saturated rings. The van der Waals surface area contributed by atoms with Crippen molar-refractivity contribution in [2.75, 3.05) is 20.2 Å². The molecule has 6 nitrogen and oxygen atoms in total. The number of benzene rings is 1. The van der Waals surface area contributed by atoms with Crippen LogP contribution in [0.2, 0.25) is 0 Å². The van der Waals surface area contributed by atoms with Crippen LogP contribution in [0.25, 0.3) is 5.69 Å². The second-order valence-electron chi connectivity index (χ2n) is 8.32. The zero-order chi connectivity index (χ0) is 19.0. The molecule has 2 N–H and O–H groups in total. The maximum Gasteiger partial charge on any atom is 0.191 e. The van der Waals surface area contributed by atoms with Gasteiger partial charge in [0.15, 0.2) is 5.96 Å².